The maximum Gasteiger partial charge on any atom is 0.133 e. The molecule has 0 atom stereocenters. The van der Waals surface area contributed by atoms with Crippen molar-refractivity contribution in [2.45, 2.75) is 32.3 Å². The molecule has 1 N–H and O–H groups in total. The summed E-state index contributed by atoms with van der Waals surface area (Å²) in [6.45, 7) is 8.37. The van der Waals surface area contributed by atoms with Crippen LogP contribution in [0.4, 0.5) is 0 Å². The second-order valence-corrected chi connectivity index (χ2v) is 14.4. The molecule has 5 nitrogen and oxygen atoms in total. The maximum atomic E-state index is 6.06. The number of pyridine rings is 1. The molecule has 3 aromatic heterocycles. The van der Waals surface area contributed by atoms with Crippen molar-refractivity contribution in [3.63, 3.8) is 0 Å². The lowest BCUT2D eigenvalue weighted by molar-refractivity contribution is 0.128. The van der Waals surface area contributed by atoms with E-state index in [4.69, 9.17) is 21.3 Å². The first-order valence-corrected chi connectivity index (χ1v) is 13.6. The molecule has 0 radical (unpaired) electrons. The van der Waals surface area contributed by atoms with Crippen LogP contribution in [0.15, 0.2) is 36.5 Å². The van der Waals surface area contributed by atoms with Crippen molar-refractivity contribution in [1.82, 2.24) is 19.5 Å². The second-order valence-electron chi connectivity index (χ2n) is 8.40. The van der Waals surface area contributed by atoms with E-state index >= 15 is 0 Å². The zero-order chi connectivity index (χ0) is 19.9. The molecule has 0 unspecified atom stereocenters. The Morgan fingerprint density at radius 3 is 2.82 bits per heavy atom. The molecule has 0 saturated heterocycles. The standard InChI is InChI=1S/C21H25ClN4OSi/c1-26-17(10-14-11-19(22)23-12-18(14)26)15-6-5-7-16-21(15)25-20(24-16)13-27-8-9-28(2,3)4/h5-7,10-12H,8-9,13H2,1-4H3,(H,24,25). The number of imidazole rings is 1. The molecule has 146 valence electrons. The highest BCUT2D eigenvalue weighted by Gasteiger charge is 2.15. The minimum atomic E-state index is -1.08. The minimum absolute atomic E-state index is 0.500. The number of para-hydroxylation sites is 1. The third kappa shape index (κ3) is 3.85. The lowest BCUT2D eigenvalue weighted by Gasteiger charge is -2.14. The van der Waals surface area contributed by atoms with E-state index in [0.717, 1.165) is 51.7 Å². The number of fused-ring (bicyclic) bond motifs is 2. The number of H-pyrrole nitrogens is 1. The van der Waals surface area contributed by atoms with E-state index < -0.39 is 8.07 Å². The fraction of sp³-hybridized carbons (Fsp3) is 0.333. The molecule has 3 heterocycles. The predicted octanol–water partition coefficient (Wildman–Crippen LogP) is 5.62. The number of hydrogen-bond acceptors (Lipinski definition) is 3. The molecular weight excluding hydrogens is 388 g/mol. The fourth-order valence-corrected chi connectivity index (χ4v) is 4.29. The van der Waals surface area contributed by atoms with Crippen molar-refractivity contribution in [3.8, 4) is 11.3 Å². The topological polar surface area (TPSA) is 55.7 Å². The van der Waals surface area contributed by atoms with Gasteiger partial charge < -0.3 is 14.3 Å². The van der Waals surface area contributed by atoms with E-state index in [1.807, 2.05) is 19.3 Å². The first-order valence-electron chi connectivity index (χ1n) is 9.48. The number of aromatic amines is 1. The van der Waals surface area contributed by atoms with Gasteiger partial charge in [-0.15, -0.1) is 0 Å². The summed E-state index contributed by atoms with van der Waals surface area (Å²) >= 11 is 6.06. The van der Waals surface area contributed by atoms with Crippen LogP contribution in [-0.2, 0) is 18.4 Å². The van der Waals surface area contributed by atoms with Crippen LogP contribution in [0.25, 0.3) is 33.2 Å². The van der Waals surface area contributed by atoms with Crippen LogP contribution in [0.2, 0.25) is 30.8 Å². The Morgan fingerprint density at radius 2 is 2.04 bits per heavy atom. The number of aryl methyl sites for hydroxylation is 1. The summed E-state index contributed by atoms with van der Waals surface area (Å²) < 4.78 is 8.00. The van der Waals surface area contributed by atoms with E-state index in [9.17, 15) is 0 Å². The summed E-state index contributed by atoms with van der Waals surface area (Å²) in [6.07, 6.45) is 1.81. The molecule has 0 spiro atoms. The van der Waals surface area contributed by atoms with E-state index in [0.29, 0.717) is 11.8 Å². The van der Waals surface area contributed by atoms with Crippen molar-refractivity contribution in [2.75, 3.05) is 6.61 Å². The minimum Gasteiger partial charge on any atom is -0.374 e. The van der Waals surface area contributed by atoms with Gasteiger partial charge in [-0.3, -0.25) is 0 Å². The van der Waals surface area contributed by atoms with Crippen LogP contribution in [0.3, 0.4) is 0 Å². The number of ether oxygens (including phenoxy) is 1. The summed E-state index contributed by atoms with van der Waals surface area (Å²) in [5.41, 5.74) is 5.18. The van der Waals surface area contributed by atoms with Gasteiger partial charge in [-0.2, -0.15) is 0 Å². The molecule has 0 fully saturated rings. The highest BCUT2D eigenvalue weighted by atomic mass is 35.5. The molecule has 4 aromatic rings. The Labute approximate surface area is 170 Å². The lowest BCUT2D eigenvalue weighted by atomic mass is 10.1. The Kier molecular flexibility index (Phi) is 5.03. The van der Waals surface area contributed by atoms with Crippen LogP contribution in [-0.4, -0.2) is 34.2 Å². The second kappa shape index (κ2) is 7.35. The number of halogens is 1. The highest BCUT2D eigenvalue weighted by molar-refractivity contribution is 6.76. The smallest absolute Gasteiger partial charge is 0.133 e. The summed E-state index contributed by atoms with van der Waals surface area (Å²) in [6, 6.07) is 11.4. The lowest BCUT2D eigenvalue weighted by Crippen LogP contribution is -2.21. The van der Waals surface area contributed by atoms with E-state index in [-0.39, 0.29) is 0 Å². The van der Waals surface area contributed by atoms with Gasteiger partial charge in [0.25, 0.3) is 0 Å². The third-order valence-corrected chi connectivity index (χ3v) is 6.88. The Morgan fingerprint density at radius 1 is 1.21 bits per heavy atom. The number of aromatic nitrogens is 4. The monoisotopic (exact) mass is 412 g/mol. The molecule has 0 amide bonds. The number of benzene rings is 1. The predicted molar refractivity (Wildman–Crippen MR) is 119 cm³/mol. The normalized spacial score (nSPS) is 12.3. The van der Waals surface area contributed by atoms with Crippen molar-refractivity contribution < 1.29 is 4.74 Å². The zero-order valence-corrected chi connectivity index (χ0v) is 18.5. The summed E-state index contributed by atoms with van der Waals surface area (Å²) in [4.78, 5) is 12.4. The van der Waals surface area contributed by atoms with Crippen molar-refractivity contribution in [2.24, 2.45) is 7.05 Å². The zero-order valence-electron chi connectivity index (χ0n) is 16.7. The fourth-order valence-electron chi connectivity index (χ4n) is 3.37. The van der Waals surface area contributed by atoms with E-state index in [2.05, 4.69) is 58.4 Å². The van der Waals surface area contributed by atoms with E-state index in [1.54, 1.807) is 0 Å². The van der Waals surface area contributed by atoms with Gasteiger partial charge in [0.1, 0.15) is 17.6 Å². The van der Waals surface area contributed by atoms with Gasteiger partial charge in [0.2, 0.25) is 0 Å². The first-order chi connectivity index (χ1) is 13.3. The van der Waals surface area contributed by atoms with Crippen LogP contribution in [0, 0.1) is 0 Å². The average molecular weight is 413 g/mol. The summed E-state index contributed by atoms with van der Waals surface area (Å²) in [5, 5.41) is 1.57. The molecule has 7 heteroatoms. The summed E-state index contributed by atoms with van der Waals surface area (Å²) in [5.74, 6) is 0.863. The number of nitrogens with one attached hydrogen (secondary N) is 1. The third-order valence-electron chi connectivity index (χ3n) is 4.97. The van der Waals surface area contributed by atoms with Crippen molar-refractivity contribution >= 4 is 41.6 Å². The highest BCUT2D eigenvalue weighted by Crippen LogP contribution is 2.32. The Balaban J connectivity index is 1.65. The van der Waals surface area contributed by atoms with Gasteiger partial charge in [-0.25, -0.2) is 9.97 Å². The SMILES string of the molecule is Cn1c(-c2cccc3[nH]c(COCC[Si](C)(C)C)nc23)cc2cc(Cl)ncc21. The molecule has 0 bridgehead atoms. The molecule has 28 heavy (non-hydrogen) atoms. The van der Waals surface area contributed by atoms with Gasteiger partial charge >= 0.3 is 0 Å². The number of hydrogen-bond donors (Lipinski definition) is 1. The van der Waals surface area contributed by atoms with Gasteiger partial charge in [0, 0.05) is 32.7 Å². The van der Waals surface area contributed by atoms with Crippen molar-refractivity contribution in [1.29, 1.82) is 0 Å². The van der Waals surface area contributed by atoms with Crippen LogP contribution in [0.5, 0.6) is 0 Å². The van der Waals surface area contributed by atoms with Crippen LogP contribution in [0.1, 0.15) is 5.82 Å². The van der Waals surface area contributed by atoms with Gasteiger partial charge in [0.15, 0.2) is 0 Å². The van der Waals surface area contributed by atoms with Gasteiger partial charge in [-0.1, -0.05) is 43.4 Å². The Hall–Kier alpha value is -2.15. The van der Waals surface area contributed by atoms with Crippen LogP contribution < -0.4 is 0 Å². The summed E-state index contributed by atoms with van der Waals surface area (Å²) in [7, 11) is 0.961. The number of rotatable bonds is 6. The molecule has 0 aliphatic heterocycles. The molecule has 4 rings (SSSR count). The maximum absolute atomic E-state index is 6.06. The first kappa shape index (κ1) is 19.2. The average Bonchev–Trinajstić information content (AvgIpc) is 3.18. The Bertz CT molecular complexity index is 1140. The molecule has 0 aliphatic rings. The van der Waals surface area contributed by atoms with E-state index in [1.165, 1.54) is 0 Å². The molecule has 1 aromatic carbocycles. The quantitative estimate of drug-likeness (QED) is 0.254. The molecule has 0 aliphatic carbocycles. The number of nitrogens with zero attached hydrogens (tertiary/aromatic N) is 3. The molecule has 0 saturated carbocycles. The molecular formula is C21H25ClN4OSi. The van der Waals surface area contributed by atoms with Gasteiger partial charge in [-0.05, 0) is 24.2 Å². The largest absolute Gasteiger partial charge is 0.374 e. The van der Waals surface area contributed by atoms with Gasteiger partial charge in [0.05, 0.1) is 28.4 Å². The van der Waals surface area contributed by atoms with Crippen molar-refractivity contribution in [3.05, 3.63) is 47.5 Å². The van der Waals surface area contributed by atoms with Crippen LogP contribution >= 0.6 is 11.6 Å².